The zero-order valence-electron chi connectivity index (χ0n) is 8.68. The summed E-state index contributed by atoms with van der Waals surface area (Å²) < 4.78 is 0. The summed E-state index contributed by atoms with van der Waals surface area (Å²) in [6, 6.07) is 3.98. The minimum Gasteiger partial charge on any atom is -0.248 e. The van der Waals surface area contributed by atoms with Crippen LogP contribution in [-0.2, 0) is 0 Å². The molecule has 68 valence electrons. The number of pyridine rings is 1. The van der Waals surface area contributed by atoms with Crippen molar-refractivity contribution >= 4 is 8.07 Å². The van der Waals surface area contributed by atoms with Gasteiger partial charge in [0.15, 0.2) is 0 Å². The molecule has 13 heavy (non-hydrogen) atoms. The highest BCUT2D eigenvalue weighted by atomic mass is 28.3. The van der Waals surface area contributed by atoms with E-state index in [2.05, 4.69) is 36.1 Å². The van der Waals surface area contributed by atoms with Crippen LogP contribution in [0.3, 0.4) is 0 Å². The zero-order valence-corrected chi connectivity index (χ0v) is 9.68. The van der Waals surface area contributed by atoms with Crippen LogP contribution in [0.1, 0.15) is 11.3 Å². The molecule has 0 spiro atoms. The molecule has 0 saturated heterocycles. The Morgan fingerprint density at radius 3 is 2.54 bits per heavy atom. The van der Waals surface area contributed by atoms with Crippen molar-refractivity contribution in [3.05, 3.63) is 29.6 Å². The maximum absolute atomic E-state index is 4.23. The lowest BCUT2D eigenvalue weighted by atomic mass is 10.2. The van der Waals surface area contributed by atoms with Crippen molar-refractivity contribution in [1.82, 2.24) is 4.98 Å². The molecule has 1 aromatic heterocycles. The normalized spacial score (nSPS) is 10.5. The molecule has 2 heteroatoms. The van der Waals surface area contributed by atoms with E-state index >= 15 is 0 Å². The van der Waals surface area contributed by atoms with Crippen molar-refractivity contribution in [2.75, 3.05) is 0 Å². The van der Waals surface area contributed by atoms with Gasteiger partial charge in [-0.15, -0.1) is 5.54 Å². The first kappa shape index (κ1) is 10.0. The lowest BCUT2D eigenvalue weighted by molar-refractivity contribution is 1.23. The molecule has 0 bridgehead atoms. The topological polar surface area (TPSA) is 12.9 Å². The molecule has 0 radical (unpaired) electrons. The molecule has 1 heterocycles. The van der Waals surface area contributed by atoms with Crippen molar-refractivity contribution in [2.45, 2.75) is 26.6 Å². The number of rotatable bonds is 0. The fraction of sp³-hybridized carbons (Fsp3) is 0.364. The summed E-state index contributed by atoms with van der Waals surface area (Å²) in [6.45, 7) is 8.75. The van der Waals surface area contributed by atoms with Gasteiger partial charge >= 0.3 is 0 Å². The summed E-state index contributed by atoms with van der Waals surface area (Å²) in [5.41, 5.74) is 5.39. The van der Waals surface area contributed by atoms with Crippen molar-refractivity contribution in [3.63, 3.8) is 0 Å². The second-order valence-corrected chi connectivity index (χ2v) is 8.92. The highest BCUT2D eigenvalue weighted by Crippen LogP contribution is 2.02. The molecule has 0 N–H and O–H groups in total. The quantitative estimate of drug-likeness (QED) is 0.451. The first-order valence-corrected chi connectivity index (χ1v) is 7.94. The van der Waals surface area contributed by atoms with Crippen molar-refractivity contribution in [2.24, 2.45) is 0 Å². The largest absolute Gasteiger partial charge is 0.248 e. The number of hydrogen-bond acceptors (Lipinski definition) is 1. The summed E-state index contributed by atoms with van der Waals surface area (Å²) in [6.07, 6.45) is 1.79. The van der Waals surface area contributed by atoms with Crippen LogP contribution in [-0.4, -0.2) is 13.1 Å². The van der Waals surface area contributed by atoms with Crippen LogP contribution in [0.15, 0.2) is 18.3 Å². The first-order valence-electron chi connectivity index (χ1n) is 4.44. The molecule has 1 nitrogen and oxygen atoms in total. The SMILES string of the molecule is Cc1cccnc1C#C[Si](C)(C)C. The van der Waals surface area contributed by atoms with E-state index in [-0.39, 0.29) is 0 Å². The third-order valence-corrected chi connectivity index (χ3v) is 2.44. The van der Waals surface area contributed by atoms with Crippen molar-refractivity contribution in [3.8, 4) is 11.5 Å². The van der Waals surface area contributed by atoms with Crippen LogP contribution < -0.4 is 0 Å². The molecule has 1 aromatic rings. The van der Waals surface area contributed by atoms with Gasteiger partial charge in [-0.25, -0.2) is 4.98 Å². The summed E-state index contributed by atoms with van der Waals surface area (Å²) in [5, 5.41) is 0. The van der Waals surface area contributed by atoms with Gasteiger partial charge in [0.2, 0.25) is 0 Å². The molecule has 0 aliphatic rings. The van der Waals surface area contributed by atoms with E-state index in [1.165, 1.54) is 0 Å². The molecular formula is C11H15NSi. The highest BCUT2D eigenvalue weighted by Gasteiger charge is 2.07. The monoisotopic (exact) mass is 189 g/mol. The fourth-order valence-corrected chi connectivity index (χ4v) is 1.36. The molecule has 0 unspecified atom stereocenters. The van der Waals surface area contributed by atoms with Gasteiger partial charge in [-0.2, -0.15) is 0 Å². The predicted octanol–water partition coefficient (Wildman–Crippen LogP) is 2.62. The second-order valence-electron chi connectivity index (χ2n) is 4.17. The average Bonchev–Trinajstić information content (AvgIpc) is 2.01. The van der Waals surface area contributed by atoms with Gasteiger partial charge in [-0.1, -0.05) is 31.6 Å². The Morgan fingerprint density at radius 2 is 2.00 bits per heavy atom. The van der Waals surface area contributed by atoms with Gasteiger partial charge in [-0.3, -0.25) is 0 Å². The molecule has 1 rings (SSSR count). The van der Waals surface area contributed by atoms with Crippen LogP contribution in [0.25, 0.3) is 0 Å². The van der Waals surface area contributed by atoms with E-state index in [9.17, 15) is 0 Å². The van der Waals surface area contributed by atoms with E-state index < -0.39 is 8.07 Å². The van der Waals surface area contributed by atoms with Gasteiger partial charge in [0.25, 0.3) is 0 Å². The third-order valence-electron chi connectivity index (χ3n) is 1.57. The van der Waals surface area contributed by atoms with E-state index in [0.29, 0.717) is 0 Å². The maximum Gasteiger partial charge on any atom is 0.129 e. The zero-order chi connectivity index (χ0) is 9.90. The standard InChI is InChI=1S/C11H15NSi/c1-10-6-5-8-12-11(10)7-9-13(2,3)4/h5-6,8H,1-4H3. The molecule has 0 saturated carbocycles. The Balaban J connectivity index is 2.97. The molecule has 0 atom stereocenters. The third kappa shape index (κ3) is 3.43. The minimum atomic E-state index is -1.26. The van der Waals surface area contributed by atoms with Crippen LogP contribution in [0, 0.1) is 18.4 Å². The molecule has 0 aliphatic carbocycles. The van der Waals surface area contributed by atoms with E-state index in [4.69, 9.17) is 0 Å². The van der Waals surface area contributed by atoms with Crippen LogP contribution in [0.4, 0.5) is 0 Å². The Hall–Kier alpha value is -1.07. The van der Waals surface area contributed by atoms with Crippen molar-refractivity contribution < 1.29 is 0 Å². The maximum atomic E-state index is 4.23. The first-order chi connectivity index (χ1) is 5.99. The van der Waals surface area contributed by atoms with E-state index in [0.717, 1.165) is 11.3 Å². The Bertz CT molecular complexity index is 352. The fourth-order valence-electron chi connectivity index (χ4n) is 0.863. The molecule has 0 amide bonds. The van der Waals surface area contributed by atoms with Crippen LogP contribution in [0.5, 0.6) is 0 Å². The number of hydrogen-bond donors (Lipinski definition) is 0. The summed E-state index contributed by atoms with van der Waals surface area (Å²) in [4.78, 5) is 4.23. The summed E-state index contributed by atoms with van der Waals surface area (Å²) in [5.74, 6) is 3.15. The smallest absolute Gasteiger partial charge is 0.129 e. The highest BCUT2D eigenvalue weighted by molar-refractivity contribution is 6.83. The second kappa shape index (κ2) is 3.76. The molecular weight excluding hydrogens is 174 g/mol. The van der Waals surface area contributed by atoms with Gasteiger partial charge in [0.05, 0.1) is 0 Å². The summed E-state index contributed by atoms with van der Waals surface area (Å²) >= 11 is 0. The van der Waals surface area contributed by atoms with Crippen LogP contribution >= 0.6 is 0 Å². The number of aromatic nitrogens is 1. The summed E-state index contributed by atoms with van der Waals surface area (Å²) in [7, 11) is -1.26. The molecule has 0 aliphatic heterocycles. The van der Waals surface area contributed by atoms with Gasteiger partial charge in [-0.05, 0) is 18.6 Å². The Morgan fingerprint density at radius 1 is 1.31 bits per heavy atom. The van der Waals surface area contributed by atoms with Gasteiger partial charge < -0.3 is 0 Å². The van der Waals surface area contributed by atoms with Gasteiger partial charge in [0, 0.05) is 6.20 Å². The Labute approximate surface area is 81.2 Å². The Kier molecular flexibility index (Phi) is 2.89. The average molecular weight is 189 g/mol. The van der Waals surface area contributed by atoms with Crippen molar-refractivity contribution in [1.29, 1.82) is 0 Å². The molecule has 0 fully saturated rings. The lowest BCUT2D eigenvalue weighted by Gasteiger charge is -2.03. The predicted molar refractivity (Wildman–Crippen MR) is 59.2 cm³/mol. The van der Waals surface area contributed by atoms with Gasteiger partial charge in [0.1, 0.15) is 13.8 Å². The number of nitrogens with zero attached hydrogens (tertiary/aromatic N) is 1. The lowest BCUT2D eigenvalue weighted by Crippen LogP contribution is -2.16. The van der Waals surface area contributed by atoms with E-state index in [1.54, 1.807) is 6.20 Å². The van der Waals surface area contributed by atoms with Crippen LogP contribution in [0.2, 0.25) is 19.6 Å². The molecule has 0 aromatic carbocycles. The minimum absolute atomic E-state index is 0.921. The van der Waals surface area contributed by atoms with E-state index in [1.807, 2.05) is 19.1 Å². The number of aryl methyl sites for hydroxylation is 1.